The highest BCUT2D eigenvalue weighted by Gasteiger charge is 2.53. The quantitative estimate of drug-likeness (QED) is 0.172. The van der Waals surface area contributed by atoms with Gasteiger partial charge in [0, 0.05) is 28.4 Å². The predicted octanol–water partition coefficient (Wildman–Crippen LogP) is 18.1. The van der Waals surface area contributed by atoms with Crippen molar-refractivity contribution in [2.75, 3.05) is 4.90 Å². The van der Waals surface area contributed by atoms with Crippen molar-refractivity contribution in [3.63, 3.8) is 0 Å². The van der Waals surface area contributed by atoms with E-state index in [1.165, 1.54) is 89.0 Å². The highest BCUT2D eigenvalue weighted by Crippen LogP contribution is 2.67. The van der Waals surface area contributed by atoms with Crippen LogP contribution in [-0.2, 0) is 16.2 Å². The molecule has 5 aliphatic rings. The number of anilines is 3. The van der Waals surface area contributed by atoms with Crippen LogP contribution in [-0.4, -0.2) is 0 Å². The van der Waals surface area contributed by atoms with Crippen molar-refractivity contribution < 1.29 is 9.47 Å². The maximum absolute atomic E-state index is 7.38. The Balaban J connectivity index is 0.901. The van der Waals surface area contributed by atoms with Gasteiger partial charge in [0.2, 0.25) is 0 Å². The standard InChI is InChI=1S/C71H47NO2/c1-69(2)56-28-14-9-23-49(56)53-36-33-46(41-62(53)69)72(47-34-37-54-52-26-10-15-29-57(52)70(63(54)42-47,44-19-5-3-6-20-44)45-21-7-4-8-22-45)48-35-39-64-66(43-48)74-68-65(73-64)40-38-61-67(68)55-27-13-18-32-60(55)71(61)58-30-16-11-24-50(58)51-25-12-17-31-59(51)71/h3-43H,1-2H3. The molecular weight excluding hydrogens is 899 g/mol. The summed E-state index contributed by atoms with van der Waals surface area (Å²) in [5.74, 6) is 2.81. The van der Waals surface area contributed by atoms with Crippen LogP contribution >= 0.6 is 0 Å². The lowest BCUT2D eigenvalue weighted by molar-refractivity contribution is 0.360. The summed E-state index contributed by atoms with van der Waals surface area (Å²) in [6, 6.07) is 91.7. The Morgan fingerprint density at radius 3 is 1.30 bits per heavy atom. The third kappa shape index (κ3) is 5.25. The second-order valence-electron chi connectivity index (χ2n) is 21.0. The third-order valence-electron chi connectivity index (χ3n) is 17.2. The zero-order valence-electron chi connectivity index (χ0n) is 40.9. The van der Waals surface area contributed by atoms with Crippen molar-refractivity contribution in [1.82, 2.24) is 0 Å². The van der Waals surface area contributed by atoms with Crippen LogP contribution in [0.2, 0.25) is 0 Å². The van der Waals surface area contributed by atoms with Gasteiger partial charge in [-0.15, -0.1) is 0 Å². The number of hydrogen-bond donors (Lipinski definition) is 0. The van der Waals surface area contributed by atoms with Gasteiger partial charge in [-0.05, 0) is 137 Å². The lowest BCUT2D eigenvalue weighted by Crippen LogP contribution is -2.28. The SMILES string of the molecule is CC1(C)c2ccccc2-c2ccc(N(c3ccc4c(c3)Oc3c(ccc5c3-c3ccccc3C53c5ccccc5-c5ccccc53)O4)c3ccc4c(c3)C(c3ccccc3)(c3ccccc3)c3ccccc3-4)cc21. The molecule has 1 heterocycles. The van der Waals surface area contributed by atoms with Gasteiger partial charge >= 0.3 is 0 Å². The van der Waals surface area contributed by atoms with Gasteiger partial charge in [-0.3, -0.25) is 0 Å². The van der Waals surface area contributed by atoms with Crippen molar-refractivity contribution in [2.24, 2.45) is 0 Å². The van der Waals surface area contributed by atoms with Gasteiger partial charge in [-0.2, -0.15) is 0 Å². The first kappa shape index (κ1) is 41.4. The van der Waals surface area contributed by atoms with Crippen LogP contribution in [0.15, 0.2) is 249 Å². The molecule has 0 saturated heterocycles. The van der Waals surface area contributed by atoms with E-state index in [4.69, 9.17) is 9.47 Å². The van der Waals surface area contributed by atoms with Gasteiger partial charge in [0.15, 0.2) is 23.0 Å². The fraction of sp³-hybridized carbons (Fsp3) is 0.0704. The van der Waals surface area contributed by atoms with E-state index in [-0.39, 0.29) is 5.41 Å². The lowest BCUT2D eigenvalue weighted by atomic mass is 9.67. The van der Waals surface area contributed by atoms with Crippen LogP contribution in [0, 0.1) is 0 Å². The zero-order chi connectivity index (χ0) is 48.9. The average molecular weight is 946 g/mol. The van der Waals surface area contributed by atoms with Gasteiger partial charge in [0.1, 0.15) is 0 Å². The number of rotatable bonds is 5. The summed E-state index contributed by atoms with van der Waals surface area (Å²) in [5, 5.41) is 0. The Labute approximate surface area is 431 Å². The Hall–Kier alpha value is -9.18. The van der Waals surface area contributed by atoms with Crippen LogP contribution in [0.4, 0.5) is 17.1 Å². The van der Waals surface area contributed by atoms with Crippen LogP contribution in [0.3, 0.4) is 0 Å². The first-order chi connectivity index (χ1) is 36.5. The molecule has 0 unspecified atom stereocenters. The highest BCUT2D eigenvalue weighted by molar-refractivity contribution is 5.98. The molecule has 3 nitrogen and oxygen atoms in total. The maximum Gasteiger partial charge on any atom is 0.178 e. The maximum atomic E-state index is 7.38. The average Bonchev–Trinajstić information content (AvgIpc) is 4.15. The van der Waals surface area contributed by atoms with E-state index in [0.717, 1.165) is 33.9 Å². The summed E-state index contributed by atoms with van der Waals surface area (Å²) in [4.78, 5) is 2.43. The molecule has 0 atom stereocenters. The smallest absolute Gasteiger partial charge is 0.178 e. The molecule has 0 amide bonds. The van der Waals surface area contributed by atoms with Crippen LogP contribution in [0.1, 0.15) is 69.5 Å². The third-order valence-corrected chi connectivity index (χ3v) is 17.2. The topological polar surface area (TPSA) is 21.7 Å². The first-order valence-electron chi connectivity index (χ1n) is 25.8. The minimum Gasteiger partial charge on any atom is -0.449 e. The molecule has 0 bridgehead atoms. The Morgan fingerprint density at radius 1 is 0.284 bits per heavy atom. The molecule has 0 N–H and O–H groups in total. The summed E-state index contributed by atoms with van der Waals surface area (Å²) in [6.45, 7) is 4.72. The van der Waals surface area contributed by atoms with E-state index in [0.29, 0.717) is 17.2 Å². The fourth-order valence-corrected chi connectivity index (χ4v) is 14.2. The Kier molecular flexibility index (Phi) is 8.37. The molecule has 11 aromatic rings. The molecule has 0 radical (unpaired) electrons. The van der Waals surface area contributed by atoms with E-state index < -0.39 is 10.8 Å². The minimum atomic E-state index is -0.567. The van der Waals surface area contributed by atoms with E-state index in [2.05, 4.69) is 267 Å². The molecule has 4 aliphatic carbocycles. The normalized spacial score (nSPS) is 15.2. The number of benzene rings is 11. The second-order valence-corrected chi connectivity index (χ2v) is 21.0. The summed E-state index contributed by atoms with van der Waals surface area (Å²) in [7, 11) is 0. The van der Waals surface area contributed by atoms with Crippen molar-refractivity contribution in [3.8, 4) is 67.5 Å². The van der Waals surface area contributed by atoms with Gasteiger partial charge in [-0.25, -0.2) is 0 Å². The monoisotopic (exact) mass is 945 g/mol. The predicted molar refractivity (Wildman–Crippen MR) is 299 cm³/mol. The van der Waals surface area contributed by atoms with Crippen molar-refractivity contribution in [2.45, 2.75) is 30.1 Å². The lowest BCUT2D eigenvalue weighted by Gasteiger charge is -2.35. The fourth-order valence-electron chi connectivity index (χ4n) is 14.2. The van der Waals surface area contributed by atoms with E-state index >= 15 is 0 Å². The van der Waals surface area contributed by atoms with Crippen LogP contribution in [0.25, 0.3) is 44.5 Å². The number of ether oxygens (including phenoxy) is 2. The van der Waals surface area contributed by atoms with Gasteiger partial charge in [0.05, 0.1) is 16.5 Å². The molecule has 1 spiro atoms. The van der Waals surface area contributed by atoms with E-state index in [9.17, 15) is 0 Å². The largest absolute Gasteiger partial charge is 0.449 e. The van der Waals surface area contributed by atoms with E-state index in [1.807, 2.05) is 0 Å². The number of hydrogen-bond acceptors (Lipinski definition) is 3. The highest BCUT2D eigenvalue weighted by atomic mass is 16.6. The molecule has 11 aromatic carbocycles. The Morgan fingerprint density at radius 2 is 0.703 bits per heavy atom. The second kappa shape index (κ2) is 14.9. The van der Waals surface area contributed by atoms with Gasteiger partial charge in [-0.1, -0.05) is 214 Å². The molecule has 0 aromatic heterocycles. The first-order valence-corrected chi connectivity index (χ1v) is 25.8. The molecular formula is C71H47NO2. The van der Waals surface area contributed by atoms with Gasteiger partial charge < -0.3 is 14.4 Å². The van der Waals surface area contributed by atoms with Crippen LogP contribution in [0.5, 0.6) is 23.0 Å². The molecule has 0 fully saturated rings. The molecule has 348 valence electrons. The zero-order valence-corrected chi connectivity index (χ0v) is 40.9. The van der Waals surface area contributed by atoms with Crippen molar-refractivity contribution >= 4 is 17.1 Å². The number of fused-ring (bicyclic) bond motifs is 19. The number of nitrogens with zero attached hydrogens (tertiary/aromatic N) is 1. The summed E-state index contributed by atoms with van der Waals surface area (Å²) >= 11 is 0. The Bertz CT molecular complexity index is 4100. The molecule has 16 rings (SSSR count). The van der Waals surface area contributed by atoms with Crippen LogP contribution < -0.4 is 14.4 Å². The molecule has 1 aliphatic heterocycles. The minimum absolute atomic E-state index is 0.201. The molecule has 74 heavy (non-hydrogen) atoms. The van der Waals surface area contributed by atoms with Crippen molar-refractivity contribution in [1.29, 1.82) is 0 Å². The van der Waals surface area contributed by atoms with Gasteiger partial charge in [0.25, 0.3) is 0 Å². The van der Waals surface area contributed by atoms with E-state index in [1.54, 1.807) is 0 Å². The summed E-state index contributed by atoms with van der Waals surface area (Å²) in [6.07, 6.45) is 0. The summed E-state index contributed by atoms with van der Waals surface area (Å²) < 4.78 is 14.3. The molecule has 3 heteroatoms. The van der Waals surface area contributed by atoms with Crippen molar-refractivity contribution in [3.05, 3.63) is 304 Å². The summed E-state index contributed by atoms with van der Waals surface area (Å²) in [5.41, 5.74) is 24.4. The molecule has 0 saturated carbocycles.